The standard InChI is InChI=1S/C15H20O3/c1-10(2)12-8-13(17)15(18)7-6-14(12,15)5-4-11(3)9-16/h4,6-8,10,16,18H,5,9H2,1-3H3/b11-4+/t14-,15-/m0/s1. The molecule has 0 unspecified atom stereocenters. The van der Waals surface area contributed by atoms with Crippen LogP contribution in [0.4, 0.5) is 0 Å². The van der Waals surface area contributed by atoms with Crippen molar-refractivity contribution >= 4 is 5.78 Å². The zero-order valence-corrected chi connectivity index (χ0v) is 11.1. The van der Waals surface area contributed by atoms with Gasteiger partial charge in [-0.2, -0.15) is 0 Å². The van der Waals surface area contributed by atoms with Crippen molar-refractivity contribution in [1.29, 1.82) is 0 Å². The van der Waals surface area contributed by atoms with Crippen molar-refractivity contribution in [2.75, 3.05) is 6.61 Å². The Bertz CT molecular complexity index is 470. The minimum atomic E-state index is -1.36. The topological polar surface area (TPSA) is 57.5 Å². The van der Waals surface area contributed by atoms with Gasteiger partial charge < -0.3 is 10.2 Å². The molecule has 0 radical (unpaired) electrons. The molecule has 3 heteroatoms. The maximum Gasteiger partial charge on any atom is 0.192 e. The summed E-state index contributed by atoms with van der Waals surface area (Å²) < 4.78 is 0. The second-order valence-corrected chi connectivity index (χ2v) is 5.60. The highest BCUT2D eigenvalue weighted by molar-refractivity contribution is 6.06. The number of rotatable bonds is 4. The van der Waals surface area contributed by atoms with Crippen LogP contribution >= 0.6 is 0 Å². The first kappa shape index (κ1) is 13.2. The summed E-state index contributed by atoms with van der Waals surface area (Å²) in [6, 6.07) is 0. The van der Waals surface area contributed by atoms with Gasteiger partial charge in [-0.25, -0.2) is 0 Å². The van der Waals surface area contributed by atoms with Crippen molar-refractivity contribution in [3.8, 4) is 0 Å². The molecule has 0 amide bonds. The zero-order valence-electron chi connectivity index (χ0n) is 11.1. The minimum absolute atomic E-state index is 0.00684. The van der Waals surface area contributed by atoms with Crippen LogP contribution < -0.4 is 0 Å². The molecule has 0 aromatic heterocycles. The van der Waals surface area contributed by atoms with Crippen LogP contribution in [0.15, 0.2) is 35.5 Å². The van der Waals surface area contributed by atoms with Crippen LogP contribution in [0.3, 0.4) is 0 Å². The molecule has 2 rings (SSSR count). The Labute approximate surface area is 108 Å². The lowest BCUT2D eigenvalue weighted by molar-refractivity contribution is -0.134. The van der Waals surface area contributed by atoms with E-state index in [-0.39, 0.29) is 18.3 Å². The molecule has 18 heavy (non-hydrogen) atoms. The van der Waals surface area contributed by atoms with Crippen LogP contribution in [-0.2, 0) is 4.79 Å². The normalized spacial score (nSPS) is 34.7. The third-order valence-electron chi connectivity index (χ3n) is 4.11. The fourth-order valence-electron chi connectivity index (χ4n) is 2.86. The molecular formula is C15H20O3. The molecule has 2 N–H and O–H groups in total. The monoisotopic (exact) mass is 248 g/mol. The molecule has 0 fully saturated rings. The van der Waals surface area contributed by atoms with E-state index in [2.05, 4.69) is 0 Å². The van der Waals surface area contributed by atoms with Crippen molar-refractivity contribution in [3.63, 3.8) is 0 Å². The fourth-order valence-corrected chi connectivity index (χ4v) is 2.86. The highest BCUT2D eigenvalue weighted by atomic mass is 16.3. The zero-order chi connectivity index (χ0) is 13.6. The third-order valence-corrected chi connectivity index (χ3v) is 4.11. The molecule has 0 saturated carbocycles. The van der Waals surface area contributed by atoms with Crippen molar-refractivity contribution in [3.05, 3.63) is 35.5 Å². The molecule has 0 saturated heterocycles. The van der Waals surface area contributed by atoms with Gasteiger partial charge in [0.05, 0.1) is 12.0 Å². The molecule has 3 nitrogen and oxygen atoms in total. The Balaban J connectivity index is 2.37. The second-order valence-electron chi connectivity index (χ2n) is 5.60. The quantitative estimate of drug-likeness (QED) is 0.745. The van der Waals surface area contributed by atoms with Crippen LogP contribution in [0.2, 0.25) is 0 Å². The van der Waals surface area contributed by atoms with Gasteiger partial charge >= 0.3 is 0 Å². The van der Waals surface area contributed by atoms with Gasteiger partial charge in [-0.05, 0) is 31.4 Å². The highest BCUT2D eigenvalue weighted by Gasteiger charge is 2.62. The molecule has 0 aromatic rings. The second kappa shape index (κ2) is 4.18. The Morgan fingerprint density at radius 2 is 2.11 bits per heavy atom. The van der Waals surface area contributed by atoms with Crippen LogP contribution in [0.25, 0.3) is 0 Å². The number of carbonyl (C=O) groups is 1. The molecule has 0 aliphatic heterocycles. The lowest BCUT2D eigenvalue weighted by Gasteiger charge is -2.47. The molecule has 0 spiro atoms. The van der Waals surface area contributed by atoms with Gasteiger partial charge in [0.2, 0.25) is 0 Å². The summed E-state index contributed by atoms with van der Waals surface area (Å²) in [5.74, 6) is -0.000454. The van der Waals surface area contributed by atoms with Crippen molar-refractivity contribution in [1.82, 2.24) is 0 Å². The largest absolute Gasteiger partial charge is 0.392 e. The van der Waals surface area contributed by atoms with Crippen LogP contribution in [0, 0.1) is 11.3 Å². The number of fused-ring (bicyclic) bond motifs is 1. The van der Waals surface area contributed by atoms with E-state index >= 15 is 0 Å². The molecular weight excluding hydrogens is 228 g/mol. The highest BCUT2D eigenvalue weighted by Crippen LogP contribution is 2.58. The lowest BCUT2D eigenvalue weighted by atomic mass is 9.58. The Morgan fingerprint density at radius 1 is 1.44 bits per heavy atom. The van der Waals surface area contributed by atoms with E-state index in [0.717, 1.165) is 11.1 Å². The number of aliphatic hydroxyl groups is 2. The van der Waals surface area contributed by atoms with Crippen LogP contribution in [0.1, 0.15) is 27.2 Å². The summed E-state index contributed by atoms with van der Waals surface area (Å²) in [6.07, 6.45) is 7.56. The number of allylic oxidation sites excluding steroid dienone is 1. The molecule has 0 aromatic carbocycles. The first-order chi connectivity index (χ1) is 8.37. The first-order valence-corrected chi connectivity index (χ1v) is 6.33. The molecule has 2 atom stereocenters. The summed E-state index contributed by atoms with van der Waals surface area (Å²) in [5.41, 5.74) is -0.109. The van der Waals surface area contributed by atoms with Gasteiger partial charge in [-0.1, -0.05) is 37.1 Å². The number of hydrogen-bond acceptors (Lipinski definition) is 3. The predicted octanol–water partition coefficient (Wildman–Crippen LogP) is 1.77. The average Bonchev–Trinajstić information content (AvgIpc) is 2.47. The Kier molecular flexibility index (Phi) is 3.07. The van der Waals surface area contributed by atoms with Crippen LogP contribution in [-0.4, -0.2) is 28.2 Å². The van der Waals surface area contributed by atoms with Gasteiger partial charge in [0.1, 0.15) is 0 Å². The van der Waals surface area contributed by atoms with E-state index in [4.69, 9.17) is 5.11 Å². The SMILES string of the molecule is C/C(=C\C[C@@]12C=C[C@]1(O)C(=O)C=C2C(C)C)CO. The fraction of sp³-hybridized carbons (Fsp3) is 0.533. The van der Waals surface area contributed by atoms with E-state index in [1.165, 1.54) is 0 Å². The predicted molar refractivity (Wildman–Crippen MR) is 69.9 cm³/mol. The van der Waals surface area contributed by atoms with E-state index < -0.39 is 11.0 Å². The van der Waals surface area contributed by atoms with Gasteiger partial charge in [0.15, 0.2) is 11.4 Å². The molecule has 2 aliphatic rings. The lowest BCUT2D eigenvalue weighted by Crippen LogP contribution is -2.54. The van der Waals surface area contributed by atoms with E-state index in [1.807, 2.05) is 32.9 Å². The summed E-state index contributed by atoms with van der Waals surface area (Å²) in [7, 11) is 0. The number of hydrogen-bond donors (Lipinski definition) is 2. The molecule has 2 aliphatic carbocycles. The summed E-state index contributed by atoms with van der Waals surface area (Å²) in [5, 5.41) is 19.5. The van der Waals surface area contributed by atoms with Crippen molar-refractivity contribution in [2.24, 2.45) is 11.3 Å². The molecule has 98 valence electrons. The number of aliphatic hydroxyl groups excluding tert-OH is 1. The summed E-state index contributed by atoms with van der Waals surface area (Å²) in [4.78, 5) is 11.9. The van der Waals surface area contributed by atoms with Gasteiger partial charge in [-0.15, -0.1) is 0 Å². The molecule has 0 bridgehead atoms. The van der Waals surface area contributed by atoms with Crippen LogP contribution in [0.5, 0.6) is 0 Å². The van der Waals surface area contributed by atoms with Gasteiger partial charge in [0, 0.05) is 0 Å². The Morgan fingerprint density at radius 3 is 2.56 bits per heavy atom. The minimum Gasteiger partial charge on any atom is -0.392 e. The van der Waals surface area contributed by atoms with Gasteiger partial charge in [0.25, 0.3) is 0 Å². The number of carbonyl (C=O) groups excluding carboxylic acids is 1. The summed E-state index contributed by atoms with van der Waals surface area (Å²) in [6.45, 7) is 5.91. The smallest absolute Gasteiger partial charge is 0.192 e. The van der Waals surface area contributed by atoms with E-state index in [1.54, 1.807) is 12.2 Å². The van der Waals surface area contributed by atoms with E-state index in [9.17, 15) is 9.90 Å². The third kappa shape index (κ3) is 1.54. The van der Waals surface area contributed by atoms with Crippen molar-refractivity contribution < 1.29 is 15.0 Å². The molecule has 0 heterocycles. The average molecular weight is 248 g/mol. The Hall–Kier alpha value is -1.19. The first-order valence-electron chi connectivity index (χ1n) is 6.33. The number of ketones is 1. The van der Waals surface area contributed by atoms with Crippen molar-refractivity contribution in [2.45, 2.75) is 32.8 Å². The van der Waals surface area contributed by atoms with Gasteiger partial charge in [-0.3, -0.25) is 4.79 Å². The summed E-state index contributed by atoms with van der Waals surface area (Å²) >= 11 is 0. The maximum absolute atomic E-state index is 11.9. The van der Waals surface area contributed by atoms with E-state index in [0.29, 0.717) is 6.42 Å². The maximum atomic E-state index is 11.9.